The van der Waals surface area contributed by atoms with E-state index in [0.29, 0.717) is 0 Å². The van der Waals surface area contributed by atoms with Crippen LogP contribution in [-0.4, -0.2) is 12.6 Å². The van der Waals surface area contributed by atoms with Gasteiger partial charge in [-0.25, -0.2) is 0 Å². The lowest BCUT2D eigenvalue weighted by Gasteiger charge is -1.91. The molecule has 1 saturated heterocycles. The normalized spacial score (nSPS) is 29.9. The van der Waals surface area contributed by atoms with Gasteiger partial charge in [0.25, 0.3) is 0 Å². The van der Waals surface area contributed by atoms with Gasteiger partial charge in [-0.05, 0) is 19.4 Å². The molecule has 1 N–H and O–H groups in total. The number of rotatable bonds is 0. The minimum atomic E-state index is 0.0972. The molecule has 0 aromatic heterocycles. The predicted molar refractivity (Wildman–Crippen MR) is 26.3 cm³/mol. The van der Waals surface area contributed by atoms with Crippen LogP contribution in [0.3, 0.4) is 0 Å². The summed E-state index contributed by atoms with van der Waals surface area (Å²) in [6.45, 7) is 0.901. The quantitative estimate of drug-likeness (QED) is 0.462. The van der Waals surface area contributed by atoms with Crippen LogP contribution in [0.1, 0.15) is 6.42 Å². The summed E-state index contributed by atoms with van der Waals surface area (Å²) >= 11 is 0. The Hall–Kier alpha value is -0.550. The minimum absolute atomic E-state index is 0.0972. The molecule has 2 nitrogen and oxygen atoms in total. The SMILES string of the molecule is N#CC1C[CH]CN1. The molecule has 1 unspecified atom stereocenters. The highest BCUT2D eigenvalue weighted by atomic mass is 14.9. The van der Waals surface area contributed by atoms with Gasteiger partial charge >= 0.3 is 0 Å². The average Bonchev–Trinajstić information content (AvgIpc) is 2.14. The van der Waals surface area contributed by atoms with E-state index in [-0.39, 0.29) is 6.04 Å². The van der Waals surface area contributed by atoms with Crippen LogP contribution in [-0.2, 0) is 0 Å². The summed E-state index contributed by atoms with van der Waals surface area (Å²) in [4.78, 5) is 0. The van der Waals surface area contributed by atoms with Crippen molar-refractivity contribution < 1.29 is 0 Å². The molecule has 0 aromatic rings. The van der Waals surface area contributed by atoms with E-state index in [2.05, 4.69) is 17.8 Å². The van der Waals surface area contributed by atoms with Crippen molar-refractivity contribution in [1.82, 2.24) is 5.32 Å². The minimum Gasteiger partial charge on any atom is -0.302 e. The van der Waals surface area contributed by atoms with E-state index in [1.165, 1.54) is 0 Å². The lowest BCUT2D eigenvalue weighted by atomic mass is 10.2. The smallest absolute Gasteiger partial charge is 0.0956 e. The molecule has 0 aliphatic carbocycles. The van der Waals surface area contributed by atoms with Crippen molar-refractivity contribution in [2.75, 3.05) is 6.54 Å². The fraction of sp³-hybridized carbons (Fsp3) is 0.600. The molecule has 0 aromatic carbocycles. The molecule has 37 valence electrons. The molecule has 1 radical (unpaired) electrons. The van der Waals surface area contributed by atoms with Gasteiger partial charge in [-0.15, -0.1) is 0 Å². The van der Waals surface area contributed by atoms with E-state index in [9.17, 15) is 0 Å². The predicted octanol–water partition coefficient (Wildman–Crippen LogP) is 0.0762. The van der Waals surface area contributed by atoms with Gasteiger partial charge in [0.05, 0.1) is 12.1 Å². The first-order chi connectivity index (χ1) is 3.43. The second-order valence-corrected chi connectivity index (χ2v) is 1.61. The summed E-state index contributed by atoms with van der Waals surface area (Å²) in [5.74, 6) is 0. The summed E-state index contributed by atoms with van der Waals surface area (Å²) in [5.41, 5.74) is 0. The lowest BCUT2D eigenvalue weighted by molar-refractivity contribution is 0.740. The molecule has 7 heavy (non-hydrogen) atoms. The van der Waals surface area contributed by atoms with Crippen molar-refractivity contribution >= 4 is 0 Å². The average molecular weight is 95.1 g/mol. The lowest BCUT2D eigenvalue weighted by Crippen LogP contribution is -2.18. The van der Waals surface area contributed by atoms with Gasteiger partial charge in [0.2, 0.25) is 0 Å². The third-order valence-corrected chi connectivity index (χ3v) is 1.07. The zero-order valence-electron chi connectivity index (χ0n) is 4.02. The van der Waals surface area contributed by atoms with Gasteiger partial charge in [0.15, 0.2) is 0 Å². The second kappa shape index (κ2) is 1.94. The molecular weight excluding hydrogens is 88.1 g/mol. The van der Waals surface area contributed by atoms with E-state index >= 15 is 0 Å². The molecular formula is C5H7N2. The van der Waals surface area contributed by atoms with Crippen LogP contribution in [0.2, 0.25) is 0 Å². The van der Waals surface area contributed by atoms with Crippen LogP contribution >= 0.6 is 0 Å². The van der Waals surface area contributed by atoms with Crippen LogP contribution < -0.4 is 5.32 Å². The van der Waals surface area contributed by atoms with Crippen LogP contribution in [0.5, 0.6) is 0 Å². The first-order valence-electron chi connectivity index (χ1n) is 2.38. The van der Waals surface area contributed by atoms with Crippen molar-refractivity contribution in [3.63, 3.8) is 0 Å². The molecule has 0 bridgehead atoms. The highest BCUT2D eigenvalue weighted by molar-refractivity contribution is 4.99. The van der Waals surface area contributed by atoms with Crippen LogP contribution in [0.25, 0.3) is 0 Å². The Morgan fingerprint density at radius 3 is 3.00 bits per heavy atom. The zero-order valence-corrected chi connectivity index (χ0v) is 4.02. The van der Waals surface area contributed by atoms with Gasteiger partial charge in [-0.3, -0.25) is 0 Å². The second-order valence-electron chi connectivity index (χ2n) is 1.61. The first-order valence-corrected chi connectivity index (χ1v) is 2.38. The van der Waals surface area contributed by atoms with Gasteiger partial charge < -0.3 is 5.32 Å². The monoisotopic (exact) mass is 95.1 g/mol. The van der Waals surface area contributed by atoms with Gasteiger partial charge in [0, 0.05) is 0 Å². The third kappa shape index (κ3) is 0.908. The van der Waals surface area contributed by atoms with E-state index < -0.39 is 0 Å². The molecule has 1 heterocycles. The standard InChI is InChI=1S/C5H7N2/c6-4-5-2-1-3-7-5/h1,5,7H,2-3H2. The summed E-state index contributed by atoms with van der Waals surface area (Å²) < 4.78 is 0. The van der Waals surface area contributed by atoms with Crippen molar-refractivity contribution in [1.29, 1.82) is 5.26 Å². The fourth-order valence-electron chi connectivity index (χ4n) is 0.657. The highest BCUT2D eigenvalue weighted by Crippen LogP contribution is 2.00. The summed E-state index contributed by atoms with van der Waals surface area (Å²) in [7, 11) is 0. The third-order valence-electron chi connectivity index (χ3n) is 1.07. The molecule has 1 rings (SSSR count). The van der Waals surface area contributed by atoms with Crippen molar-refractivity contribution in [2.45, 2.75) is 12.5 Å². The molecule has 1 atom stereocenters. The Bertz CT molecular complexity index is 86.7. The Balaban J connectivity index is 2.31. The van der Waals surface area contributed by atoms with Crippen molar-refractivity contribution in [3.05, 3.63) is 6.42 Å². The number of nitriles is 1. The highest BCUT2D eigenvalue weighted by Gasteiger charge is 2.11. The molecule has 0 amide bonds. The first kappa shape index (κ1) is 4.61. The number of hydrogen-bond donors (Lipinski definition) is 1. The van der Waals surface area contributed by atoms with E-state index in [1.54, 1.807) is 0 Å². The molecule has 1 aliphatic heterocycles. The van der Waals surface area contributed by atoms with E-state index in [0.717, 1.165) is 13.0 Å². The van der Waals surface area contributed by atoms with E-state index in [4.69, 9.17) is 5.26 Å². The van der Waals surface area contributed by atoms with Crippen LogP contribution in [0.15, 0.2) is 0 Å². The van der Waals surface area contributed by atoms with Crippen LogP contribution in [0.4, 0.5) is 0 Å². The number of nitrogens with one attached hydrogen (secondary N) is 1. The fourth-order valence-corrected chi connectivity index (χ4v) is 0.657. The van der Waals surface area contributed by atoms with E-state index in [1.807, 2.05) is 0 Å². The maximum atomic E-state index is 8.23. The number of hydrogen-bond acceptors (Lipinski definition) is 2. The maximum absolute atomic E-state index is 8.23. The Labute approximate surface area is 43.1 Å². The zero-order chi connectivity index (χ0) is 5.11. The van der Waals surface area contributed by atoms with Gasteiger partial charge in [0.1, 0.15) is 0 Å². The molecule has 1 fully saturated rings. The Morgan fingerprint density at radius 2 is 2.71 bits per heavy atom. The topological polar surface area (TPSA) is 35.8 Å². The number of nitrogens with zero attached hydrogens (tertiary/aromatic N) is 1. The largest absolute Gasteiger partial charge is 0.302 e. The molecule has 0 spiro atoms. The van der Waals surface area contributed by atoms with Crippen molar-refractivity contribution in [2.24, 2.45) is 0 Å². The molecule has 0 saturated carbocycles. The summed E-state index contributed by atoms with van der Waals surface area (Å²) in [6.07, 6.45) is 2.99. The van der Waals surface area contributed by atoms with Crippen molar-refractivity contribution in [3.8, 4) is 6.07 Å². The summed E-state index contributed by atoms with van der Waals surface area (Å²) in [6, 6.07) is 2.22. The van der Waals surface area contributed by atoms with Gasteiger partial charge in [-0.1, -0.05) is 0 Å². The van der Waals surface area contributed by atoms with Crippen LogP contribution in [0, 0.1) is 17.8 Å². The Kier molecular flexibility index (Phi) is 1.28. The van der Waals surface area contributed by atoms with Gasteiger partial charge in [-0.2, -0.15) is 5.26 Å². The molecule has 1 aliphatic rings. The Morgan fingerprint density at radius 1 is 1.86 bits per heavy atom. The molecule has 2 heteroatoms. The maximum Gasteiger partial charge on any atom is 0.0956 e. The summed E-state index contributed by atoms with van der Waals surface area (Å²) in [5, 5.41) is 11.2.